The van der Waals surface area contributed by atoms with Gasteiger partial charge < -0.3 is 19.4 Å². The van der Waals surface area contributed by atoms with E-state index in [9.17, 15) is 32.3 Å². The maximum atomic E-state index is 13.6. The number of nitrogens with one attached hydrogen (secondary N) is 2. The van der Waals surface area contributed by atoms with Crippen molar-refractivity contribution in [1.29, 1.82) is 0 Å². The minimum Gasteiger partial charge on any atom is -0.489 e. The zero-order valence-electron chi connectivity index (χ0n) is 30.8. The highest BCUT2D eigenvalue weighted by atomic mass is 19.4. The minimum absolute atomic E-state index is 0.00621. The van der Waals surface area contributed by atoms with Crippen LogP contribution in [-0.4, -0.2) is 86.6 Å². The summed E-state index contributed by atoms with van der Waals surface area (Å²) in [5.41, 5.74) is 2.21. The molecule has 3 aliphatic heterocycles. The molecule has 0 bridgehead atoms. The van der Waals surface area contributed by atoms with Gasteiger partial charge in [-0.05, 0) is 88.2 Å². The topological polar surface area (TPSA) is 138 Å². The van der Waals surface area contributed by atoms with Gasteiger partial charge >= 0.3 is 6.18 Å². The van der Waals surface area contributed by atoms with E-state index >= 15 is 0 Å². The first-order valence-electron chi connectivity index (χ1n) is 18.8. The van der Waals surface area contributed by atoms with Crippen LogP contribution in [0.25, 0.3) is 5.65 Å². The van der Waals surface area contributed by atoms with Gasteiger partial charge in [0.15, 0.2) is 0 Å². The zero-order chi connectivity index (χ0) is 38.9. The molecule has 4 amide bonds. The molecule has 55 heavy (non-hydrogen) atoms. The fourth-order valence-electron chi connectivity index (χ4n) is 7.76. The number of imidazole rings is 1. The average Bonchev–Trinajstić information content (AvgIpc) is 3.58. The fourth-order valence-corrected chi connectivity index (χ4v) is 7.76. The average molecular weight is 760 g/mol. The van der Waals surface area contributed by atoms with Gasteiger partial charge in [0.25, 0.3) is 5.91 Å². The van der Waals surface area contributed by atoms with Gasteiger partial charge in [0.05, 0.1) is 24.3 Å². The summed E-state index contributed by atoms with van der Waals surface area (Å²) >= 11 is 0. The van der Waals surface area contributed by atoms with E-state index in [2.05, 4.69) is 32.7 Å². The van der Waals surface area contributed by atoms with Gasteiger partial charge in [-0.2, -0.15) is 13.2 Å². The number of rotatable bonds is 9. The number of anilines is 1. The third-order valence-electron chi connectivity index (χ3n) is 10.6. The molecule has 2 atom stereocenters. The zero-order valence-corrected chi connectivity index (χ0v) is 30.8. The van der Waals surface area contributed by atoms with E-state index in [1.807, 2.05) is 37.1 Å². The van der Waals surface area contributed by atoms with Gasteiger partial charge in [0.2, 0.25) is 17.7 Å². The Morgan fingerprint density at radius 3 is 2.40 bits per heavy atom. The largest absolute Gasteiger partial charge is 0.489 e. The van der Waals surface area contributed by atoms with Crippen molar-refractivity contribution < 1.29 is 37.1 Å². The highest BCUT2D eigenvalue weighted by Gasteiger charge is 2.34. The van der Waals surface area contributed by atoms with Crippen molar-refractivity contribution in [3.05, 3.63) is 89.1 Å². The van der Waals surface area contributed by atoms with Crippen molar-refractivity contribution in [2.45, 2.75) is 82.4 Å². The first kappa shape index (κ1) is 38.0. The smallest absolute Gasteiger partial charge is 0.433 e. The Morgan fingerprint density at radius 2 is 1.69 bits per heavy atom. The second kappa shape index (κ2) is 15.8. The number of amides is 4. The van der Waals surface area contributed by atoms with Gasteiger partial charge in [0, 0.05) is 43.9 Å². The van der Waals surface area contributed by atoms with Gasteiger partial charge in [0.1, 0.15) is 28.5 Å². The maximum Gasteiger partial charge on any atom is 0.433 e. The SMILES string of the molecule is CC(C)Oc1cc2nc(C3CCCN(C(=O)CN4CCC(c5ccc(C6CCC(=O)NC6=O)cc5)CC4)C3)cn2cc1NC(=O)c1cccc(C(F)(F)F)n1. The van der Waals surface area contributed by atoms with E-state index in [4.69, 9.17) is 9.72 Å². The third kappa shape index (κ3) is 8.82. The van der Waals surface area contributed by atoms with Gasteiger partial charge in [-0.3, -0.25) is 29.4 Å². The predicted octanol–water partition coefficient (Wildman–Crippen LogP) is 5.89. The van der Waals surface area contributed by atoms with Crippen LogP contribution in [0, 0.1) is 0 Å². The number of likely N-dealkylation sites (tertiary alicyclic amines) is 2. The van der Waals surface area contributed by atoms with Crippen LogP contribution in [0.3, 0.4) is 0 Å². The summed E-state index contributed by atoms with van der Waals surface area (Å²) in [5.74, 6) is -0.804. The number of piperidine rings is 3. The van der Waals surface area contributed by atoms with E-state index in [0.29, 0.717) is 49.8 Å². The van der Waals surface area contributed by atoms with E-state index in [1.165, 1.54) is 11.6 Å². The van der Waals surface area contributed by atoms with Gasteiger partial charge in [-0.1, -0.05) is 30.3 Å². The molecule has 2 N–H and O–H groups in total. The number of hydrogen-bond acceptors (Lipinski definition) is 8. The monoisotopic (exact) mass is 759 g/mol. The Labute approximate surface area is 316 Å². The Morgan fingerprint density at radius 1 is 0.945 bits per heavy atom. The number of carbonyl (C=O) groups excluding carboxylic acids is 4. The lowest BCUT2D eigenvalue weighted by molar-refractivity contribution is -0.141. The third-order valence-corrected chi connectivity index (χ3v) is 10.6. The van der Waals surface area contributed by atoms with Crippen molar-refractivity contribution in [3.63, 3.8) is 0 Å². The van der Waals surface area contributed by atoms with Crippen molar-refractivity contribution >= 4 is 35.0 Å². The van der Waals surface area contributed by atoms with Crippen LogP contribution < -0.4 is 15.4 Å². The molecule has 15 heteroatoms. The lowest BCUT2D eigenvalue weighted by Gasteiger charge is -2.36. The molecule has 0 saturated carbocycles. The van der Waals surface area contributed by atoms with Gasteiger partial charge in [-0.15, -0.1) is 0 Å². The summed E-state index contributed by atoms with van der Waals surface area (Å²) in [6.45, 7) is 6.80. The van der Waals surface area contributed by atoms with Crippen LogP contribution in [-0.2, 0) is 20.6 Å². The number of carbonyl (C=O) groups is 4. The fraction of sp³-hybridized carbons (Fsp3) is 0.450. The number of imide groups is 1. The summed E-state index contributed by atoms with van der Waals surface area (Å²) in [6, 6.07) is 13.0. The summed E-state index contributed by atoms with van der Waals surface area (Å²) in [7, 11) is 0. The quantitative estimate of drug-likeness (QED) is 0.202. The Hall–Kier alpha value is -5.31. The second-order valence-corrected chi connectivity index (χ2v) is 14.9. The van der Waals surface area contributed by atoms with Crippen molar-refractivity contribution in [1.82, 2.24) is 29.5 Å². The Balaban J connectivity index is 0.963. The molecule has 290 valence electrons. The molecule has 7 rings (SSSR count). The van der Waals surface area contributed by atoms with Crippen LogP contribution in [0.4, 0.5) is 18.9 Å². The summed E-state index contributed by atoms with van der Waals surface area (Å²) < 4.78 is 47.4. The Kier molecular flexibility index (Phi) is 10.9. The summed E-state index contributed by atoms with van der Waals surface area (Å²) in [6.07, 6.45) is 2.93. The molecule has 1 aromatic carbocycles. The number of halogens is 3. The lowest BCUT2D eigenvalue weighted by atomic mass is 9.86. The lowest BCUT2D eigenvalue weighted by Crippen LogP contribution is -2.46. The number of nitrogens with zero attached hydrogens (tertiary/aromatic N) is 5. The molecule has 3 aromatic heterocycles. The number of fused-ring (bicyclic) bond motifs is 1. The molecule has 3 saturated heterocycles. The predicted molar refractivity (Wildman–Crippen MR) is 197 cm³/mol. The number of alkyl halides is 3. The molecule has 4 aromatic rings. The van der Waals surface area contributed by atoms with E-state index in [-0.39, 0.29) is 47.0 Å². The standard InChI is InChI=1S/C40H44F3N7O5/c1-24(2)55-33-19-35-45-31(21-50(35)22-32(33)46-39(54)30-6-3-7-34(44-30)40(41,42)43)28-5-4-16-49(20-28)37(52)23-48-17-14-26(15-18-48)25-8-10-27(11-9-25)29-12-13-36(51)47-38(29)53/h3,6-11,19,21-22,24,26,28-29H,4-5,12-18,20,23H2,1-2H3,(H,46,54)(H,47,51,53). The number of pyridine rings is 2. The molecule has 6 heterocycles. The first-order valence-corrected chi connectivity index (χ1v) is 18.8. The normalized spacial score (nSPS) is 20.1. The van der Waals surface area contributed by atoms with E-state index in [1.54, 1.807) is 16.7 Å². The summed E-state index contributed by atoms with van der Waals surface area (Å²) in [4.78, 5) is 62.9. The molecular weight excluding hydrogens is 715 g/mol. The number of hydrogen-bond donors (Lipinski definition) is 2. The maximum absolute atomic E-state index is 13.6. The van der Waals surface area contributed by atoms with Crippen LogP contribution in [0.5, 0.6) is 5.75 Å². The van der Waals surface area contributed by atoms with Crippen molar-refractivity contribution in [2.75, 3.05) is 38.0 Å². The van der Waals surface area contributed by atoms with Gasteiger partial charge in [-0.25, -0.2) is 9.97 Å². The minimum atomic E-state index is -4.69. The van der Waals surface area contributed by atoms with Crippen LogP contribution >= 0.6 is 0 Å². The highest BCUT2D eigenvalue weighted by Crippen LogP contribution is 2.34. The van der Waals surface area contributed by atoms with Crippen molar-refractivity contribution in [2.24, 2.45) is 0 Å². The molecule has 3 aliphatic rings. The second-order valence-electron chi connectivity index (χ2n) is 14.9. The molecule has 0 radical (unpaired) electrons. The molecule has 0 aliphatic carbocycles. The number of ether oxygens (including phenoxy) is 1. The Bertz CT molecular complexity index is 2080. The van der Waals surface area contributed by atoms with E-state index in [0.717, 1.165) is 62.2 Å². The summed E-state index contributed by atoms with van der Waals surface area (Å²) in [5, 5.41) is 5.09. The van der Waals surface area contributed by atoms with Crippen LogP contribution in [0.2, 0.25) is 0 Å². The molecular formula is C40H44F3N7O5. The van der Waals surface area contributed by atoms with E-state index < -0.39 is 17.8 Å². The number of aromatic nitrogens is 3. The van der Waals surface area contributed by atoms with Crippen molar-refractivity contribution in [3.8, 4) is 5.75 Å². The number of benzene rings is 1. The molecule has 2 unspecified atom stereocenters. The highest BCUT2D eigenvalue weighted by molar-refractivity contribution is 6.04. The van der Waals surface area contributed by atoms with Crippen LogP contribution in [0.15, 0.2) is 60.9 Å². The molecule has 3 fully saturated rings. The first-order chi connectivity index (χ1) is 26.3. The molecule has 12 nitrogen and oxygen atoms in total. The molecule has 0 spiro atoms. The van der Waals surface area contributed by atoms with Crippen LogP contribution in [0.1, 0.15) is 103 Å².